The molecule has 1 heterocycles. The van der Waals surface area contributed by atoms with E-state index in [1.54, 1.807) is 6.07 Å². The molecule has 1 saturated heterocycles. The maximum Gasteiger partial charge on any atom is 0.127 e. The highest BCUT2D eigenvalue weighted by atomic mass is 19.1. The van der Waals surface area contributed by atoms with Crippen LogP contribution in [0.1, 0.15) is 37.8 Å². The molecule has 1 aromatic carbocycles. The van der Waals surface area contributed by atoms with Gasteiger partial charge in [-0.3, -0.25) is 0 Å². The molecular weight excluding hydrogens is 191 g/mol. The molecule has 2 heteroatoms. The summed E-state index contributed by atoms with van der Waals surface area (Å²) in [6.45, 7) is 7.59. The van der Waals surface area contributed by atoms with Crippen LogP contribution in [0.5, 0.6) is 0 Å². The van der Waals surface area contributed by atoms with E-state index in [0.29, 0.717) is 13.2 Å². The van der Waals surface area contributed by atoms with Crippen molar-refractivity contribution in [3.05, 3.63) is 35.1 Å². The second-order valence-electron chi connectivity index (χ2n) is 5.22. The summed E-state index contributed by atoms with van der Waals surface area (Å²) in [4.78, 5) is 0. The zero-order chi connectivity index (χ0) is 11.1. The summed E-state index contributed by atoms with van der Waals surface area (Å²) in [6.07, 6.45) is 0. The van der Waals surface area contributed by atoms with Crippen LogP contribution in [0.25, 0.3) is 0 Å². The Bertz CT molecular complexity index is 361. The minimum absolute atomic E-state index is 0.00941. The van der Waals surface area contributed by atoms with Gasteiger partial charge in [-0.15, -0.1) is 0 Å². The summed E-state index contributed by atoms with van der Waals surface area (Å²) < 4.78 is 18.9. The molecule has 0 radical (unpaired) electrons. The molecule has 0 unspecified atom stereocenters. The van der Waals surface area contributed by atoms with Gasteiger partial charge in [-0.05, 0) is 22.6 Å². The van der Waals surface area contributed by atoms with Crippen LogP contribution in [0.2, 0.25) is 0 Å². The van der Waals surface area contributed by atoms with E-state index < -0.39 is 0 Å². The molecule has 15 heavy (non-hydrogen) atoms. The van der Waals surface area contributed by atoms with Gasteiger partial charge in [0.15, 0.2) is 0 Å². The number of rotatable bonds is 1. The Hall–Kier alpha value is -0.890. The number of hydrogen-bond donors (Lipinski definition) is 0. The smallest absolute Gasteiger partial charge is 0.127 e. The molecule has 82 valence electrons. The Morgan fingerprint density at radius 2 is 1.93 bits per heavy atom. The van der Waals surface area contributed by atoms with Crippen molar-refractivity contribution < 1.29 is 9.13 Å². The van der Waals surface area contributed by atoms with Crippen molar-refractivity contribution in [2.75, 3.05) is 13.2 Å². The van der Waals surface area contributed by atoms with Crippen molar-refractivity contribution in [1.82, 2.24) is 0 Å². The molecule has 0 N–H and O–H groups in total. The predicted molar refractivity (Wildman–Crippen MR) is 58.7 cm³/mol. The summed E-state index contributed by atoms with van der Waals surface area (Å²) >= 11 is 0. The number of ether oxygens (including phenoxy) is 1. The van der Waals surface area contributed by atoms with E-state index in [2.05, 4.69) is 20.8 Å². The molecule has 0 bridgehead atoms. The number of hydrogen-bond acceptors (Lipinski definition) is 1. The second kappa shape index (κ2) is 3.60. The molecule has 1 fully saturated rings. The summed E-state index contributed by atoms with van der Waals surface area (Å²) in [6, 6.07) is 5.59. The van der Waals surface area contributed by atoms with Crippen LogP contribution in [0.4, 0.5) is 4.39 Å². The lowest BCUT2D eigenvalue weighted by atomic mass is 9.85. The monoisotopic (exact) mass is 208 g/mol. The molecule has 1 aromatic rings. The van der Waals surface area contributed by atoms with Crippen LogP contribution in [-0.2, 0) is 10.2 Å². The molecule has 1 aliphatic rings. The predicted octanol–water partition coefficient (Wildman–Crippen LogP) is 3.24. The zero-order valence-corrected chi connectivity index (χ0v) is 9.51. The fraction of sp³-hybridized carbons (Fsp3) is 0.538. The summed E-state index contributed by atoms with van der Waals surface area (Å²) in [7, 11) is 0. The first-order chi connectivity index (χ1) is 6.98. The van der Waals surface area contributed by atoms with E-state index >= 15 is 0 Å². The lowest BCUT2D eigenvalue weighted by Crippen LogP contribution is -2.26. The quantitative estimate of drug-likeness (QED) is 0.688. The molecule has 0 aliphatic carbocycles. The molecular formula is C13H17FO. The highest BCUT2D eigenvalue weighted by Crippen LogP contribution is 2.30. The summed E-state index contributed by atoms with van der Waals surface area (Å²) in [5.74, 6) is 0.176. The molecule has 1 aliphatic heterocycles. The minimum atomic E-state index is -0.0873. The fourth-order valence-electron chi connectivity index (χ4n) is 1.74. The minimum Gasteiger partial charge on any atom is -0.380 e. The van der Waals surface area contributed by atoms with Gasteiger partial charge >= 0.3 is 0 Å². The summed E-state index contributed by atoms with van der Waals surface area (Å²) in [5, 5.41) is 0. The highest BCUT2D eigenvalue weighted by Gasteiger charge is 2.24. The van der Waals surface area contributed by atoms with Gasteiger partial charge in [0.25, 0.3) is 0 Å². The lowest BCUT2D eigenvalue weighted by Gasteiger charge is -2.28. The molecule has 1 nitrogen and oxygen atoms in total. The van der Waals surface area contributed by atoms with E-state index in [0.717, 1.165) is 11.1 Å². The highest BCUT2D eigenvalue weighted by molar-refractivity contribution is 5.31. The van der Waals surface area contributed by atoms with Gasteiger partial charge in [0.2, 0.25) is 0 Å². The molecule has 0 atom stereocenters. The Morgan fingerprint density at radius 1 is 1.27 bits per heavy atom. The number of benzene rings is 1. The van der Waals surface area contributed by atoms with Gasteiger partial charge in [-0.2, -0.15) is 0 Å². The van der Waals surface area contributed by atoms with Gasteiger partial charge in [0.05, 0.1) is 13.2 Å². The van der Waals surface area contributed by atoms with Gasteiger partial charge < -0.3 is 4.74 Å². The van der Waals surface area contributed by atoms with Crippen molar-refractivity contribution in [1.29, 1.82) is 0 Å². The largest absolute Gasteiger partial charge is 0.380 e. The van der Waals surface area contributed by atoms with E-state index in [1.807, 2.05) is 12.1 Å². The van der Waals surface area contributed by atoms with Crippen molar-refractivity contribution in [3.8, 4) is 0 Å². The third kappa shape index (κ3) is 2.05. The van der Waals surface area contributed by atoms with E-state index in [9.17, 15) is 4.39 Å². The van der Waals surface area contributed by atoms with Crippen molar-refractivity contribution in [2.24, 2.45) is 0 Å². The fourth-order valence-corrected chi connectivity index (χ4v) is 1.74. The second-order valence-corrected chi connectivity index (χ2v) is 5.22. The maximum absolute atomic E-state index is 13.8. The van der Waals surface area contributed by atoms with Gasteiger partial charge in [-0.1, -0.05) is 32.9 Å². The SMILES string of the molecule is CC(C)(C)c1ccc(C2COC2)c(F)c1. The van der Waals surface area contributed by atoms with Crippen LogP contribution in [0, 0.1) is 5.82 Å². The van der Waals surface area contributed by atoms with Crippen LogP contribution < -0.4 is 0 Å². The Balaban J connectivity index is 2.30. The first-order valence-corrected chi connectivity index (χ1v) is 5.36. The van der Waals surface area contributed by atoms with Crippen LogP contribution in [0.3, 0.4) is 0 Å². The molecule has 0 amide bonds. The standard InChI is InChI=1S/C13H17FO/c1-13(2,3)10-4-5-11(12(14)6-10)9-7-15-8-9/h4-6,9H,7-8H2,1-3H3. The zero-order valence-electron chi connectivity index (χ0n) is 9.51. The van der Waals surface area contributed by atoms with Gasteiger partial charge in [-0.25, -0.2) is 4.39 Å². The topological polar surface area (TPSA) is 9.23 Å². The van der Waals surface area contributed by atoms with Crippen LogP contribution in [-0.4, -0.2) is 13.2 Å². The Morgan fingerprint density at radius 3 is 2.33 bits per heavy atom. The van der Waals surface area contributed by atoms with Crippen molar-refractivity contribution in [3.63, 3.8) is 0 Å². The van der Waals surface area contributed by atoms with Crippen LogP contribution >= 0.6 is 0 Å². The van der Waals surface area contributed by atoms with E-state index in [4.69, 9.17) is 4.74 Å². The Kier molecular flexibility index (Phi) is 2.55. The van der Waals surface area contributed by atoms with Crippen LogP contribution in [0.15, 0.2) is 18.2 Å². The third-order valence-corrected chi connectivity index (χ3v) is 2.94. The lowest BCUT2D eigenvalue weighted by molar-refractivity contribution is 0.00701. The molecule has 0 spiro atoms. The normalized spacial score (nSPS) is 17.6. The first kappa shape index (κ1) is 10.6. The molecule has 2 rings (SSSR count). The van der Waals surface area contributed by atoms with Gasteiger partial charge in [0, 0.05) is 5.92 Å². The molecule has 0 saturated carbocycles. The van der Waals surface area contributed by atoms with Crippen molar-refractivity contribution in [2.45, 2.75) is 32.1 Å². The Labute approximate surface area is 90.3 Å². The average Bonchev–Trinajstić information content (AvgIpc) is 2.03. The van der Waals surface area contributed by atoms with E-state index in [-0.39, 0.29) is 17.2 Å². The molecule has 0 aromatic heterocycles. The van der Waals surface area contributed by atoms with E-state index in [1.165, 1.54) is 0 Å². The first-order valence-electron chi connectivity index (χ1n) is 5.36. The third-order valence-electron chi connectivity index (χ3n) is 2.94. The average molecular weight is 208 g/mol. The summed E-state index contributed by atoms with van der Waals surface area (Å²) in [5.41, 5.74) is 1.86. The maximum atomic E-state index is 13.8. The van der Waals surface area contributed by atoms with Gasteiger partial charge in [0.1, 0.15) is 5.82 Å². The number of halogens is 1. The van der Waals surface area contributed by atoms with Crippen molar-refractivity contribution >= 4 is 0 Å².